The fourth-order valence-corrected chi connectivity index (χ4v) is 3.19. The van der Waals surface area contributed by atoms with Crippen LogP contribution >= 0.6 is 33.9 Å². The van der Waals surface area contributed by atoms with Crippen LogP contribution in [0, 0.1) is 9.81 Å². The van der Waals surface area contributed by atoms with Gasteiger partial charge in [0.25, 0.3) is 0 Å². The number of pyridine rings is 1. The van der Waals surface area contributed by atoms with Gasteiger partial charge in [0.15, 0.2) is 0 Å². The van der Waals surface area contributed by atoms with E-state index in [0.29, 0.717) is 5.39 Å². The number of carboxylic acids is 1. The third-order valence-electron chi connectivity index (χ3n) is 2.14. The van der Waals surface area contributed by atoms with Crippen LogP contribution in [-0.2, 0) is 0 Å². The maximum absolute atomic E-state index is 11.8. The lowest BCUT2D eigenvalue weighted by atomic mass is 10.2. The number of aromatic nitrogens is 1. The summed E-state index contributed by atoms with van der Waals surface area (Å²) in [7, 11) is 0. The van der Waals surface area contributed by atoms with Gasteiger partial charge in [-0.05, 0) is 35.1 Å². The summed E-state index contributed by atoms with van der Waals surface area (Å²) >= 11 is 3.59. The third kappa shape index (κ3) is 1.57. The average molecular weight is 335 g/mol. The van der Waals surface area contributed by atoms with Gasteiger partial charge in [0.2, 0.25) is 5.43 Å². The maximum Gasteiger partial charge on any atom is 0.341 e. The Morgan fingerprint density at radius 1 is 1.60 bits per heavy atom. The van der Waals surface area contributed by atoms with Crippen LogP contribution in [0.25, 0.3) is 10.2 Å². The first-order valence-corrected chi connectivity index (χ1v) is 5.95. The van der Waals surface area contributed by atoms with Gasteiger partial charge in [-0.25, -0.2) is 4.79 Å². The van der Waals surface area contributed by atoms with Crippen molar-refractivity contribution >= 4 is 50.1 Å². The molecule has 78 valence electrons. The highest BCUT2D eigenvalue weighted by atomic mass is 127. The fraction of sp³-hybridized carbons (Fsp3) is 0.111. The van der Waals surface area contributed by atoms with Gasteiger partial charge in [0, 0.05) is 6.20 Å². The minimum Gasteiger partial charge on any atom is -0.477 e. The van der Waals surface area contributed by atoms with Crippen molar-refractivity contribution in [3.8, 4) is 0 Å². The molecule has 0 amide bonds. The van der Waals surface area contributed by atoms with Crippen molar-refractivity contribution < 1.29 is 9.90 Å². The second kappa shape index (κ2) is 3.60. The zero-order valence-electron chi connectivity index (χ0n) is 7.63. The predicted molar refractivity (Wildman–Crippen MR) is 66.9 cm³/mol. The Hall–Kier alpha value is -0.890. The van der Waals surface area contributed by atoms with Gasteiger partial charge in [-0.3, -0.25) is 4.79 Å². The van der Waals surface area contributed by atoms with Gasteiger partial charge in [0.05, 0.1) is 8.27 Å². The second-order valence-corrected chi connectivity index (χ2v) is 5.87. The average Bonchev–Trinajstić information content (AvgIpc) is 2.43. The quantitative estimate of drug-likeness (QED) is 0.785. The summed E-state index contributed by atoms with van der Waals surface area (Å²) < 4.78 is 0.999. The molecule has 0 fully saturated rings. The summed E-state index contributed by atoms with van der Waals surface area (Å²) in [5, 5.41) is 9.29. The van der Waals surface area contributed by atoms with Crippen LogP contribution in [-0.4, -0.2) is 16.1 Å². The van der Waals surface area contributed by atoms with Gasteiger partial charge in [0.1, 0.15) is 10.4 Å². The lowest BCUT2D eigenvalue weighted by molar-refractivity contribution is 0.0695. The Morgan fingerprint density at radius 3 is 2.87 bits per heavy atom. The SMILES string of the molecule is Cc1c(I)sc2[nH]cc(C(=O)O)c(=O)c12. The third-order valence-corrected chi connectivity index (χ3v) is 4.62. The Kier molecular flexibility index (Phi) is 2.55. The summed E-state index contributed by atoms with van der Waals surface area (Å²) in [5.74, 6) is -1.20. The molecule has 6 heteroatoms. The number of aromatic amines is 1. The Balaban J connectivity index is 2.95. The molecule has 0 spiro atoms. The first-order valence-electron chi connectivity index (χ1n) is 4.06. The standard InChI is InChI=1S/C9H6INO3S/c1-3-5-6(12)4(9(13)14)2-11-8(5)15-7(3)10/h2H,1H3,(H,11,12)(H,13,14). The zero-order valence-corrected chi connectivity index (χ0v) is 10.6. The Labute approximate surface area is 102 Å². The van der Waals surface area contributed by atoms with Crippen molar-refractivity contribution in [2.24, 2.45) is 0 Å². The normalized spacial score (nSPS) is 10.8. The molecule has 2 rings (SSSR count). The van der Waals surface area contributed by atoms with E-state index in [0.717, 1.165) is 13.3 Å². The van der Waals surface area contributed by atoms with E-state index in [1.54, 1.807) is 0 Å². The minimum absolute atomic E-state index is 0.209. The summed E-state index contributed by atoms with van der Waals surface area (Å²) in [6.07, 6.45) is 1.25. The molecule has 0 radical (unpaired) electrons. The molecule has 2 N–H and O–H groups in total. The van der Waals surface area contributed by atoms with Gasteiger partial charge in [-0.2, -0.15) is 0 Å². The summed E-state index contributed by atoms with van der Waals surface area (Å²) in [6.45, 7) is 1.82. The number of thiophene rings is 1. The van der Waals surface area contributed by atoms with Crippen LogP contribution in [0.2, 0.25) is 0 Å². The van der Waals surface area contributed by atoms with Crippen LogP contribution in [0.5, 0.6) is 0 Å². The molecule has 0 aliphatic rings. The number of nitrogens with one attached hydrogen (secondary N) is 1. The Bertz CT molecular complexity index is 614. The predicted octanol–water partition coefficient (Wildman–Crippen LogP) is 2.20. The van der Waals surface area contributed by atoms with Crippen LogP contribution in [0.3, 0.4) is 0 Å². The molecule has 0 saturated heterocycles. The van der Waals surface area contributed by atoms with Crippen molar-refractivity contribution in [3.05, 3.63) is 30.4 Å². The minimum atomic E-state index is -1.20. The smallest absolute Gasteiger partial charge is 0.341 e. The van der Waals surface area contributed by atoms with Crippen LogP contribution in [0.1, 0.15) is 15.9 Å². The van der Waals surface area contributed by atoms with E-state index in [-0.39, 0.29) is 5.56 Å². The van der Waals surface area contributed by atoms with E-state index >= 15 is 0 Å². The molecular weight excluding hydrogens is 329 g/mol. The van der Waals surface area contributed by atoms with E-state index < -0.39 is 11.4 Å². The Morgan fingerprint density at radius 2 is 2.27 bits per heavy atom. The molecule has 0 unspecified atom stereocenters. The van der Waals surface area contributed by atoms with Crippen molar-refractivity contribution in [2.45, 2.75) is 6.92 Å². The van der Waals surface area contributed by atoms with Crippen LogP contribution in [0.15, 0.2) is 11.0 Å². The molecule has 0 aliphatic carbocycles. The molecule has 2 heterocycles. The number of carboxylic acid groups (broad SMARTS) is 1. The molecule has 4 nitrogen and oxygen atoms in total. The van der Waals surface area contributed by atoms with E-state index in [2.05, 4.69) is 27.6 Å². The number of halogens is 1. The van der Waals surface area contributed by atoms with Gasteiger partial charge >= 0.3 is 5.97 Å². The number of aromatic carboxylic acids is 1. The number of H-pyrrole nitrogens is 1. The second-order valence-electron chi connectivity index (χ2n) is 3.04. The van der Waals surface area contributed by atoms with Crippen LogP contribution in [0.4, 0.5) is 0 Å². The summed E-state index contributed by atoms with van der Waals surface area (Å²) in [4.78, 5) is 26.1. The monoisotopic (exact) mass is 335 g/mol. The van der Waals surface area contributed by atoms with Crippen molar-refractivity contribution in [1.82, 2.24) is 4.98 Å². The number of rotatable bonds is 1. The van der Waals surface area contributed by atoms with Gasteiger partial charge in [-0.1, -0.05) is 0 Å². The van der Waals surface area contributed by atoms with E-state index in [4.69, 9.17) is 5.11 Å². The molecule has 0 aliphatic heterocycles. The number of hydrogen-bond donors (Lipinski definition) is 2. The molecule has 0 saturated carbocycles. The topological polar surface area (TPSA) is 70.2 Å². The summed E-state index contributed by atoms with van der Waals surface area (Å²) in [5.41, 5.74) is 0.229. The van der Waals surface area contributed by atoms with Crippen molar-refractivity contribution in [1.29, 1.82) is 0 Å². The van der Waals surface area contributed by atoms with E-state index in [1.807, 2.05) is 6.92 Å². The number of hydrogen-bond acceptors (Lipinski definition) is 3. The van der Waals surface area contributed by atoms with Gasteiger partial charge < -0.3 is 10.1 Å². The lowest BCUT2D eigenvalue weighted by Gasteiger charge is -1.94. The zero-order chi connectivity index (χ0) is 11.2. The van der Waals surface area contributed by atoms with E-state index in [1.165, 1.54) is 17.5 Å². The molecule has 0 bridgehead atoms. The van der Waals surface area contributed by atoms with E-state index in [9.17, 15) is 9.59 Å². The highest BCUT2D eigenvalue weighted by molar-refractivity contribution is 14.1. The maximum atomic E-state index is 11.8. The molecule has 0 atom stereocenters. The van der Waals surface area contributed by atoms with Crippen molar-refractivity contribution in [3.63, 3.8) is 0 Å². The number of carbonyl (C=O) groups is 1. The molecule has 0 aromatic carbocycles. The number of fused-ring (bicyclic) bond motifs is 1. The first kappa shape index (κ1) is 10.6. The lowest BCUT2D eigenvalue weighted by Crippen LogP contribution is -2.15. The fourth-order valence-electron chi connectivity index (χ4n) is 1.36. The molecular formula is C9H6INO3S. The van der Waals surface area contributed by atoms with Gasteiger partial charge in [-0.15, -0.1) is 11.3 Å². The van der Waals surface area contributed by atoms with Crippen molar-refractivity contribution in [2.75, 3.05) is 0 Å². The highest BCUT2D eigenvalue weighted by Gasteiger charge is 2.16. The van der Waals surface area contributed by atoms with Crippen LogP contribution < -0.4 is 5.43 Å². The molecule has 2 aromatic heterocycles. The summed E-state index contributed by atoms with van der Waals surface area (Å²) in [6, 6.07) is 0. The number of aryl methyl sites for hydroxylation is 1. The molecule has 2 aromatic rings. The highest BCUT2D eigenvalue weighted by Crippen LogP contribution is 2.28. The largest absolute Gasteiger partial charge is 0.477 e. The molecule has 15 heavy (non-hydrogen) atoms. The first-order chi connectivity index (χ1) is 7.02.